The van der Waals surface area contributed by atoms with Gasteiger partial charge in [0.15, 0.2) is 0 Å². The minimum Gasteiger partial charge on any atom is -0.308 e. The number of piperidine rings is 1. The van der Waals surface area contributed by atoms with Crippen molar-refractivity contribution in [3.63, 3.8) is 0 Å². The summed E-state index contributed by atoms with van der Waals surface area (Å²) < 4.78 is 0. The number of nitrogens with zero attached hydrogens (tertiary/aromatic N) is 1. The van der Waals surface area contributed by atoms with Crippen molar-refractivity contribution in [2.75, 3.05) is 20.1 Å². The first-order chi connectivity index (χ1) is 9.97. The fourth-order valence-corrected chi connectivity index (χ4v) is 4.23. The van der Waals surface area contributed by atoms with Gasteiger partial charge in [-0.25, -0.2) is 0 Å². The van der Waals surface area contributed by atoms with E-state index >= 15 is 0 Å². The van der Waals surface area contributed by atoms with Crippen molar-refractivity contribution in [3.05, 3.63) is 34.3 Å². The SMILES string of the molecule is CN1CCCCC1CNC1c2cc(Cl)ccc2CC1(C)C. The molecule has 1 N–H and O–H groups in total. The highest BCUT2D eigenvalue weighted by Crippen LogP contribution is 2.45. The van der Waals surface area contributed by atoms with Gasteiger partial charge in [-0.2, -0.15) is 0 Å². The van der Waals surface area contributed by atoms with Crippen molar-refractivity contribution in [1.29, 1.82) is 0 Å². The van der Waals surface area contributed by atoms with Crippen molar-refractivity contribution >= 4 is 11.6 Å². The summed E-state index contributed by atoms with van der Waals surface area (Å²) in [6.45, 7) is 7.05. The van der Waals surface area contributed by atoms with Gasteiger partial charge in [0.25, 0.3) is 0 Å². The van der Waals surface area contributed by atoms with Crippen LogP contribution in [0.25, 0.3) is 0 Å². The van der Waals surface area contributed by atoms with Crippen molar-refractivity contribution in [2.45, 2.75) is 51.6 Å². The van der Waals surface area contributed by atoms with E-state index in [-0.39, 0.29) is 5.41 Å². The summed E-state index contributed by atoms with van der Waals surface area (Å²) in [6.07, 6.45) is 5.17. The summed E-state index contributed by atoms with van der Waals surface area (Å²) in [6, 6.07) is 7.48. The maximum atomic E-state index is 6.22. The van der Waals surface area contributed by atoms with Gasteiger partial charge in [-0.15, -0.1) is 0 Å². The lowest BCUT2D eigenvalue weighted by Gasteiger charge is -2.36. The Balaban J connectivity index is 1.73. The molecule has 0 saturated carbocycles. The van der Waals surface area contributed by atoms with Gasteiger partial charge in [-0.1, -0.05) is 37.9 Å². The van der Waals surface area contributed by atoms with Crippen molar-refractivity contribution in [3.8, 4) is 0 Å². The third-order valence-corrected chi connectivity index (χ3v) is 5.56. The Labute approximate surface area is 133 Å². The number of halogens is 1. The van der Waals surface area contributed by atoms with E-state index in [1.165, 1.54) is 36.9 Å². The second kappa shape index (κ2) is 5.91. The zero-order valence-corrected chi connectivity index (χ0v) is 14.2. The van der Waals surface area contributed by atoms with E-state index in [4.69, 9.17) is 11.6 Å². The smallest absolute Gasteiger partial charge is 0.0409 e. The minimum atomic E-state index is 0.264. The number of benzene rings is 1. The summed E-state index contributed by atoms with van der Waals surface area (Å²) in [4.78, 5) is 2.51. The van der Waals surface area contributed by atoms with Crippen LogP contribution in [0.2, 0.25) is 5.02 Å². The first-order valence-corrected chi connectivity index (χ1v) is 8.57. The molecule has 0 bridgehead atoms. The highest BCUT2D eigenvalue weighted by Gasteiger charge is 2.39. The molecule has 1 aliphatic carbocycles. The van der Waals surface area contributed by atoms with Crippen LogP contribution in [0.3, 0.4) is 0 Å². The molecule has 1 saturated heterocycles. The Morgan fingerprint density at radius 1 is 1.33 bits per heavy atom. The van der Waals surface area contributed by atoms with Gasteiger partial charge < -0.3 is 10.2 Å². The van der Waals surface area contributed by atoms with Gasteiger partial charge in [0.2, 0.25) is 0 Å². The van der Waals surface area contributed by atoms with Gasteiger partial charge >= 0.3 is 0 Å². The van der Waals surface area contributed by atoms with Crippen LogP contribution < -0.4 is 5.32 Å². The molecule has 116 valence electrons. The molecule has 1 aromatic rings. The predicted molar refractivity (Wildman–Crippen MR) is 89.9 cm³/mol. The lowest BCUT2D eigenvalue weighted by molar-refractivity contribution is 0.165. The lowest BCUT2D eigenvalue weighted by atomic mass is 9.85. The maximum Gasteiger partial charge on any atom is 0.0409 e. The molecule has 1 aliphatic heterocycles. The Bertz CT molecular complexity index is 512. The fraction of sp³-hybridized carbons (Fsp3) is 0.667. The van der Waals surface area contributed by atoms with E-state index in [1.54, 1.807) is 0 Å². The van der Waals surface area contributed by atoms with Crippen LogP contribution in [-0.2, 0) is 6.42 Å². The Kier molecular flexibility index (Phi) is 4.31. The number of fused-ring (bicyclic) bond motifs is 1. The van der Waals surface area contributed by atoms with Gasteiger partial charge in [0.1, 0.15) is 0 Å². The molecular weight excluding hydrogens is 280 g/mol. The standard InChI is InChI=1S/C18H27ClN2/c1-18(2)11-13-7-8-14(19)10-16(13)17(18)20-12-15-6-4-5-9-21(15)3/h7-8,10,15,17,20H,4-6,9,11-12H2,1-3H3. The topological polar surface area (TPSA) is 15.3 Å². The second-order valence-electron chi connectivity index (χ2n) is 7.48. The third-order valence-electron chi connectivity index (χ3n) is 5.33. The van der Waals surface area contributed by atoms with Crippen LogP contribution in [0.1, 0.15) is 50.3 Å². The molecule has 1 aromatic carbocycles. The highest BCUT2D eigenvalue weighted by molar-refractivity contribution is 6.30. The molecule has 3 heteroatoms. The largest absolute Gasteiger partial charge is 0.308 e. The van der Waals surface area contributed by atoms with Crippen molar-refractivity contribution in [2.24, 2.45) is 5.41 Å². The Morgan fingerprint density at radius 3 is 2.90 bits per heavy atom. The molecule has 1 heterocycles. The Hall–Kier alpha value is -0.570. The molecule has 3 rings (SSSR count). The molecule has 2 unspecified atom stereocenters. The van der Waals surface area contributed by atoms with E-state index in [2.05, 4.69) is 43.2 Å². The molecule has 0 radical (unpaired) electrons. The van der Waals surface area contributed by atoms with Gasteiger partial charge in [-0.05, 0) is 61.5 Å². The molecular formula is C18H27ClN2. The molecule has 21 heavy (non-hydrogen) atoms. The molecule has 2 atom stereocenters. The number of hydrogen-bond donors (Lipinski definition) is 1. The first-order valence-electron chi connectivity index (χ1n) is 8.19. The molecule has 0 amide bonds. The van der Waals surface area contributed by atoms with Gasteiger partial charge in [0.05, 0.1) is 0 Å². The number of hydrogen-bond acceptors (Lipinski definition) is 2. The Morgan fingerprint density at radius 2 is 2.14 bits per heavy atom. The van der Waals surface area contributed by atoms with Crippen LogP contribution in [0.5, 0.6) is 0 Å². The van der Waals surface area contributed by atoms with E-state index in [1.807, 2.05) is 6.07 Å². The van der Waals surface area contributed by atoms with E-state index in [0.29, 0.717) is 12.1 Å². The number of likely N-dealkylation sites (tertiary alicyclic amines) is 1. The normalized spacial score (nSPS) is 28.6. The summed E-state index contributed by atoms with van der Waals surface area (Å²) in [5.74, 6) is 0. The quantitative estimate of drug-likeness (QED) is 0.907. The number of rotatable bonds is 3. The van der Waals surface area contributed by atoms with Crippen molar-refractivity contribution in [1.82, 2.24) is 10.2 Å². The average molecular weight is 307 g/mol. The van der Waals surface area contributed by atoms with E-state index in [9.17, 15) is 0 Å². The third kappa shape index (κ3) is 3.13. The molecule has 0 spiro atoms. The summed E-state index contributed by atoms with van der Waals surface area (Å²) in [5, 5.41) is 4.71. The van der Waals surface area contributed by atoms with Crippen molar-refractivity contribution < 1.29 is 0 Å². The fourth-order valence-electron chi connectivity index (χ4n) is 4.05. The van der Waals surface area contributed by atoms with Crippen LogP contribution in [0.4, 0.5) is 0 Å². The monoisotopic (exact) mass is 306 g/mol. The first kappa shape index (κ1) is 15.3. The van der Waals surface area contributed by atoms with Crippen LogP contribution in [-0.4, -0.2) is 31.1 Å². The van der Waals surface area contributed by atoms with Crippen LogP contribution in [0.15, 0.2) is 18.2 Å². The van der Waals surface area contributed by atoms with Crippen LogP contribution in [0, 0.1) is 5.41 Å². The maximum absolute atomic E-state index is 6.22. The van der Waals surface area contributed by atoms with E-state index < -0.39 is 0 Å². The number of nitrogens with one attached hydrogen (secondary N) is 1. The summed E-state index contributed by atoms with van der Waals surface area (Å²) in [7, 11) is 2.26. The highest BCUT2D eigenvalue weighted by atomic mass is 35.5. The average Bonchev–Trinajstić information content (AvgIpc) is 2.68. The van der Waals surface area contributed by atoms with Crippen LogP contribution >= 0.6 is 11.6 Å². The molecule has 2 nitrogen and oxygen atoms in total. The van der Waals surface area contributed by atoms with E-state index in [0.717, 1.165) is 18.0 Å². The number of likely N-dealkylation sites (N-methyl/N-ethyl adjacent to an activating group) is 1. The zero-order valence-electron chi connectivity index (χ0n) is 13.5. The summed E-state index contributed by atoms with van der Waals surface area (Å²) >= 11 is 6.22. The minimum absolute atomic E-state index is 0.264. The van der Waals surface area contributed by atoms with Gasteiger partial charge in [0, 0.05) is 23.7 Å². The zero-order chi connectivity index (χ0) is 15.0. The molecule has 2 aliphatic rings. The molecule has 1 fully saturated rings. The van der Waals surface area contributed by atoms with Gasteiger partial charge in [-0.3, -0.25) is 0 Å². The predicted octanol–water partition coefficient (Wildman–Crippen LogP) is 4.04. The summed E-state index contributed by atoms with van der Waals surface area (Å²) in [5.41, 5.74) is 3.13. The lowest BCUT2D eigenvalue weighted by Crippen LogP contribution is -2.45. The molecule has 0 aromatic heterocycles. The second-order valence-corrected chi connectivity index (χ2v) is 7.92.